The van der Waals surface area contributed by atoms with E-state index in [1.807, 2.05) is 37.3 Å². The Kier molecular flexibility index (Phi) is 4.93. The fourth-order valence-corrected chi connectivity index (χ4v) is 3.28. The Balaban J connectivity index is 1.59. The number of fused-ring (bicyclic) bond motifs is 1. The lowest BCUT2D eigenvalue weighted by Crippen LogP contribution is -2.38. The minimum Gasteiger partial charge on any atom is -0.373 e. The molecule has 1 amide bonds. The molecule has 0 aliphatic carbocycles. The van der Waals surface area contributed by atoms with Crippen molar-refractivity contribution < 1.29 is 4.79 Å². The number of hydrogen-bond acceptors (Lipinski definition) is 3. The highest BCUT2D eigenvalue weighted by Gasteiger charge is 2.13. The molecule has 0 unspecified atom stereocenters. The third-order valence-corrected chi connectivity index (χ3v) is 4.74. The molecule has 0 saturated carbocycles. The molecule has 0 aliphatic rings. The van der Waals surface area contributed by atoms with Crippen molar-refractivity contribution in [3.8, 4) is 0 Å². The maximum atomic E-state index is 12.2. The number of thiophene rings is 1. The molecule has 1 aromatic heterocycles. The van der Waals surface area contributed by atoms with Gasteiger partial charge in [0.05, 0.1) is 0 Å². The summed E-state index contributed by atoms with van der Waals surface area (Å²) in [5.41, 5.74) is 0.990. The summed E-state index contributed by atoms with van der Waals surface area (Å²) in [6.07, 6.45) is 0.879. The summed E-state index contributed by atoms with van der Waals surface area (Å²) in [5.74, 6) is 0.0227. The molecule has 2 aromatic carbocycles. The number of hydrogen-bond donors (Lipinski definition) is 2. The van der Waals surface area contributed by atoms with Crippen LogP contribution in [0.1, 0.15) is 11.8 Å². The van der Waals surface area contributed by atoms with Crippen LogP contribution in [0.3, 0.4) is 0 Å². The lowest BCUT2D eigenvalue weighted by Gasteiger charge is -2.16. The van der Waals surface area contributed by atoms with E-state index in [0.29, 0.717) is 6.54 Å². The van der Waals surface area contributed by atoms with Crippen molar-refractivity contribution in [3.63, 3.8) is 0 Å². The van der Waals surface area contributed by atoms with Gasteiger partial charge < -0.3 is 10.6 Å². The Labute approximate surface area is 140 Å². The molecule has 2 N–H and O–H groups in total. The summed E-state index contributed by atoms with van der Waals surface area (Å²) in [7, 11) is 0. The molecule has 4 heteroatoms. The molecule has 3 nitrogen and oxygen atoms in total. The van der Waals surface area contributed by atoms with Crippen molar-refractivity contribution >= 4 is 33.7 Å². The third-order valence-electron chi connectivity index (χ3n) is 3.81. The second-order valence-electron chi connectivity index (χ2n) is 5.51. The van der Waals surface area contributed by atoms with Gasteiger partial charge in [0.15, 0.2) is 0 Å². The molecule has 1 heterocycles. The molecule has 3 aromatic rings. The van der Waals surface area contributed by atoms with E-state index in [1.54, 1.807) is 11.3 Å². The van der Waals surface area contributed by atoms with Gasteiger partial charge in [-0.3, -0.25) is 4.79 Å². The average Bonchev–Trinajstić information content (AvgIpc) is 3.08. The van der Waals surface area contributed by atoms with Crippen LogP contribution in [0.15, 0.2) is 60.0 Å². The van der Waals surface area contributed by atoms with Crippen LogP contribution in [0.2, 0.25) is 0 Å². The van der Waals surface area contributed by atoms with Gasteiger partial charge >= 0.3 is 0 Å². The van der Waals surface area contributed by atoms with E-state index in [9.17, 15) is 4.79 Å². The van der Waals surface area contributed by atoms with Crippen molar-refractivity contribution in [2.75, 3.05) is 11.9 Å². The maximum Gasteiger partial charge on any atom is 0.242 e. The van der Waals surface area contributed by atoms with Crippen molar-refractivity contribution in [1.29, 1.82) is 0 Å². The fraction of sp³-hybridized carbons (Fsp3) is 0.211. The van der Waals surface area contributed by atoms with Crippen LogP contribution in [0.5, 0.6) is 0 Å². The summed E-state index contributed by atoms with van der Waals surface area (Å²) < 4.78 is 0. The highest BCUT2D eigenvalue weighted by molar-refractivity contribution is 7.09. The SMILES string of the molecule is C[C@@H](Nc1cccc2ccccc12)C(=O)NCCc1cccs1. The standard InChI is InChI=1S/C19H20N2OS/c1-14(19(22)20-12-11-16-8-5-13-23-16)21-18-10-4-7-15-6-2-3-9-17(15)18/h2-10,13-14,21H,11-12H2,1H3,(H,20,22)/t14-/m1/s1. The van der Waals surface area contributed by atoms with Crippen LogP contribution in [-0.2, 0) is 11.2 Å². The molecule has 0 fully saturated rings. The van der Waals surface area contributed by atoms with Crippen molar-refractivity contribution in [3.05, 3.63) is 64.9 Å². The van der Waals surface area contributed by atoms with Gasteiger partial charge in [-0.1, -0.05) is 42.5 Å². The molecule has 0 aliphatic heterocycles. The minimum absolute atomic E-state index is 0.0227. The lowest BCUT2D eigenvalue weighted by molar-refractivity contribution is -0.121. The van der Waals surface area contributed by atoms with Gasteiger partial charge in [-0.15, -0.1) is 11.3 Å². The third kappa shape index (κ3) is 3.90. The summed E-state index contributed by atoms with van der Waals surface area (Å²) in [6, 6.07) is 18.1. The molecule has 1 atom stereocenters. The van der Waals surface area contributed by atoms with E-state index < -0.39 is 0 Å². The number of carbonyl (C=O) groups is 1. The molecule has 0 radical (unpaired) electrons. The number of rotatable bonds is 6. The summed E-state index contributed by atoms with van der Waals surface area (Å²) in [5, 5.41) is 10.7. The number of nitrogens with one attached hydrogen (secondary N) is 2. The van der Waals surface area contributed by atoms with Gasteiger partial charge in [0.1, 0.15) is 6.04 Å². The second-order valence-corrected chi connectivity index (χ2v) is 6.55. The van der Waals surface area contributed by atoms with Crippen LogP contribution >= 0.6 is 11.3 Å². The number of amides is 1. The predicted molar refractivity (Wildman–Crippen MR) is 98.1 cm³/mol. The Morgan fingerprint density at radius 3 is 2.74 bits per heavy atom. The van der Waals surface area contributed by atoms with Gasteiger partial charge in [-0.25, -0.2) is 0 Å². The van der Waals surface area contributed by atoms with Crippen LogP contribution in [0, 0.1) is 0 Å². The summed E-state index contributed by atoms with van der Waals surface area (Å²) >= 11 is 1.72. The quantitative estimate of drug-likeness (QED) is 0.718. The topological polar surface area (TPSA) is 41.1 Å². The molecular formula is C19H20N2OS. The fourth-order valence-electron chi connectivity index (χ4n) is 2.57. The van der Waals surface area contributed by atoms with Gasteiger partial charge in [0, 0.05) is 22.5 Å². The molecule has 0 saturated heterocycles. The van der Waals surface area contributed by atoms with E-state index in [2.05, 4.69) is 40.3 Å². The van der Waals surface area contributed by atoms with Crippen molar-refractivity contribution in [2.45, 2.75) is 19.4 Å². The van der Waals surface area contributed by atoms with Gasteiger partial charge in [-0.2, -0.15) is 0 Å². The van der Waals surface area contributed by atoms with Crippen LogP contribution in [0.25, 0.3) is 10.8 Å². The monoisotopic (exact) mass is 324 g/mol. The second kappa shape index (κ2) is 7.29. The normalized spacial score (nSPS) is 12.0. The van der Waals surface area contributed by atoms with E-state index in [4.69, 9.17) is 0 Å². The first-order chi connectivity index (χ1) is 11.2. The van der Waals surface area contributed by atoms with Gasteiger partial charge in [0.25, 0.3) is 0 Å². The first-order valence-corrected chi connectivity index (χ1v) is 8.66. The van der Waals surface area contributed by atoms with Crippen LogP contribution < -0.4 is 10.6 Å². The zero-order chi connectivity index (χ0) is 16.1. The molecule has 118 valence electrons. The lowest BCUT2D eigenvalue weighted by atomic mass is 10.1. The number of carbonyl (C=O) groups excluding carboxylic acids is 1. The van der Waals surface area contributed by atoms with Gasteiger partial charge in [0.2, 0.25) is 5.91 Å². The summed E-state index contributed by atoms with van der Waals surface area (Å²) in [4.78, 5) is 13.5. The molecule has 0 bridgehead atoms. The minimum atomic E-state index is -0.274. The number of benzene rings is 2. The Morgan fingerprint density at radius 2 is 1.91 bits per heavy atom. The summed E-state index contributed by atoms with van der Waals surface area (Å²) in [6.45, 7) is 2.56. The highest BCUT2D eigenvalue weighted by Crippen LogP contribution is 2.23. The van der Waals surface area contributed by atoms with Crippen LogP contribution in [0.4, 0.5) is 5.69 Å². The Morgan fingerprint density at radius 1 is 1.09 bits per heavy atom. The zero-order valence-corrected chi connectivity index (χ0v) is 13.9. The molecule has 0 spiro atoms. The average molecular weight is 324 g/mol. The first-order valence-electron chi connectivity index (χ1n) is 7.78. The molecule has 23 heavy (non-hydrogen) atoms. The Bertz CT molecular complexity index is 778. The molecule has 3 rings (SSSR count). The van der Waals surface area contributed by atoms with E-state index in [0.717, 1.165) is 17.5 Å². The van der Waals surface area contributed by atoms with Crippen molar-refractivity contribution in [2.24, 2.45) is 0 Å². The van der Waals surface area contributed by atoms with E-state index in [1.165, 1.54) is 10.3 Å². The first kappa shape index (κ1) is 15.6. The maximum absolute atomic E-state index is 12.2. The van der Waals surface area contributed by atoms with E-state index >= 15 is 0 Å². The Hall–Kier alpha value is -2.33. The smallest absolute Gasteiger partial charge is 0.242 e. The van der Waals surface area contributed by atoms with Crippen molar-refractivity contribution in [1.82, 2.24) is 5.32 Å². The van der Waals surface area contributed by atoms with E-state index in [-0.39, 0.29) is 11.9 Å². The number of anilines is 1. The van der Waals surface area contributed by atoms with Gasteiger partial charge in [-0.05, 0) is 36.2 Å². The molecular weight excluding hydrogens is 304 g/mol. The highest BCUT2D eigenvalue weighted by atomic mass is 32.1. The van der Waals surface area contributed by atoms with Crippen LogP contribution in [-0.4, -0.2) is 18.5 Å². The largest absolute Gasteiger partial charge is 0.373 e. The predicted octanol–water partition coefficient (Wildman–Crippen LogP) is 4.06. The zero-order valence-electron chi connectivity index (χ0n) is 13.1.